The van der Waals surface area contributed by atoms with Gasteiger partial charge >= 0.3 is 0 Å². The van der Waals surface area contributed by atoms with Crippen molar-refractivity contribution < 1.29 is 0 Å². The van der Waals surface area contributed by atoms with E-state index in [-0.39, 0.29) is 0 Å². The minimum Gasteiger partial charge on any atom is -0.357 e. The van der Waals surface area contributed by atoms with Crippen LogP contribution in [0.3, 0.4) is 0 Å². The third kappa shape index (κ3) is 2.58. The summed E-state index contributed by atoms with van der Waals surface area (Å²) in [5.41, 5.74) is 1.04. The van der Waals surface area contributed by atoms with Crippen LogP contribution in [-0.2, 0) is 0 Å². The van der Waals surface area contributed by atoms with Crippen LogP contribution in [0.5, 0.6) is 0 Å². The molecule has 0 saturated carbocycles. The predicted molar refractivity (Wildman–Crippen MR) is 63.3 cm³/mol. The Bertz CT molecular complexity index is 311. The molecule has 1 aliphatic heterocycles. The summed E-state index contributed by atoms with van der Waals surface area (Å²) in [7, 11) is 0. The van der Waals surface area contributed by atoms with Crippen LogP contribution in [-0.4, -0.2) is 23.8 Å². The zero-order chi connectivity index (χ0) is 10.5. The van der Waals surface area contributed by atoms with Crippen LogP contribution >= 0.6 is 0 Å². The number of nitrogens with zero attached hydrogens (tertiary/aromatic N) is 1. The number of hydrogen-bond acceptors (Lipinski definition) is 1. The van der Waals surface area contributed by atoms with Crippen LogP contribution < -0.4 is 0 Å². The summed E-state index contributed by atoms with van der Waals surface area (Å²) in [5.74, 6) is 0.692. The lowest BCUT2D eigenvalue weighted by molar-refractivity contribution is 0.433. The number of nitrogens with one attached hydrogen (secondary N) is 1. The highest BCUT2D eigenvalue weighted by Crippen LogP contribution is 2.12. The van der Waals surface area contributed by atoms with E-state index in [1.165, 1.54) is 25.7 Å². The number of rotatable bonds is 1. The summed E-state index contributed by atoms with van der Waals surface area (Å²) in [6.45, 7) is 2.10. The monoisotopic (exact) mass is 202 g/mol. The fraction of sp³-hybridized carbons (Fsp3) is 0.462. The van der Waals surface area contributed by atoms with Crippen LogP contribution in [0.2, 0.25) is 0 Å². The molecule has 1 aromatic carbocycles. The maximum absolute atomic E-state index is 8.15. The molecule has 0 unspecified atom stereocenters. The highest BCUT2D eigenvalue weighted by molar-refractivity contribution is 5.96. The zero-order valence-electron chi connectivity index (χ0n) is 9.08. The second-order valence-electron chi connectivity index (χ2n) is 4.12. The Labute approximate surface area is 91.4 Å². The van der Waals surface area contributed by atoms with Gasteiger partial charge in [-0.2, -0.15) is 0 Å². The number of benzene rings is 1. The molecular weight excluding hydrogens is 184 g/mol. The molecule has 15 heavy (non-hydrogen) atoms. The number of hydrogen-bond donors (Lipinski definition) is 1. The maximum Gasteiger partial charge on any atom is 0.128 e. The Morgan fingerprint density at radius 3 is 2.13 bits per heavy atom. The van der Waals surface area contributed by atoms with Gasteiger partial charge in [-0.15, -0.1) is 0 Å². The average molecular weight is 202 g/mol. The molecule has 0 amide bonds. The van der Waals surface area contributed by atoms with Gasteiger partial charge in [0.15, 0.2) is 0 Å². The fourth-order valence-electron chi connectivity index (χ4n) is 2.07. The number of likely N-dealkylation sites (tertiary alicyclic amines) is 1. The van der Waals surface area contributed by atoms with Crippen molar-refractivity contribution in [2.75, 3.05) is 13.1 Å². The molecule has 1 heterocycles. The van der Waals surface area contributed by atoms with Crippen LogP contribution in [0.1, 0.15) is 31.2 Å². The third-order valence-electron chi connectivity index (χ3n) is 2.97. The molecular formula is C13H18N2. The second kappa shape index (κ2) is 4.96. The first kappa shape index (κ1) is 10.2. The molecule has 0 radical (unpaired) electrons. The smallest absolute Gasteiger partial charge is 0.128 e. The van der Waals surface area contributed by atoms with Crippen molar-refractivity contribution in [3.05, 3.63) is 35.9 Å². The minimum absolute atomic E-state index is 0.692. The van der Waals surface area contributed by atoms with Gasteiger partial charge in [0, 0.05) is 18.7 Å². The van der Waals surface area contributed by atoms with Crippen molar-refractivity contribution in [3.63, 3.8) is 0 Å². The Morgan fingerprint density at radius 1 is 0.933 bits per heavy atom. The Morgan fingerprint density at radius 2 is 1.53 bits per heavy atom. The third-order valence-corrected chi connectivity index (χ3v) is 2.97. The molecule has 0 atom stereocenters. The molecule has 0 aromatic heterocycles. The van der Waals surface area contributed by atoms with E-state index in [1.807, 2.05) is 30.3 Å². The first-order chi connectivity index (χ1) is 7.38. The summed E-state index contributed by atoms with van der Waals surface area (Å²) in [6.07, 6.45) is 5.10. The summed E-state index contributed by atoms with van der Waals surface area (Å²) < 4.78 is 0. The van der Waals surface area contributed by atoms with Crippen molar-refractivity contribution in [3.8, 4) is 0 Å². The summed E-state index contributed by atoms with van der Waals surface area (Å²) in [4.78, 5) is 2.21. The average Bonchev–Trinajstić information content (AvgIpc) is 2.58. The Hall–Kier alpha value is -1.31. The van der Waals surface area contributed by atoms with Crippen molar-refractivity contribution in [1.29, 1.82) is 5.41 Å². The van der Waals surface area contributed by atoms with Gasteiger partial charge in [0.1, 0.15) is 5.84 Å². The van der Waals surface area contributed by atoms with Crippen molar-refractivity contribution in [2.24, 2.45) is 0 Å². The SMILES string of the molecule is N=C(c1ccccc1)N1CCCCCC1. The van der Waals surface area contributed by atoms with Crippen LogP contribution in [0, 0.1) is 5.41 Å². The van der Waals surface area contributed by atoms with Gasteiger partial charge in [0.2, 0.25) is 0 Å². The molecule has 1 aliphatic rings. The van der Waals surface area contributed by atoms with Crippen LogP contribution in [0.25, 0.3) is 0 Å². The first-order valence-electron chi connectivity index (χ1n) is 5.77. The van der Waals surface area contributed by atoms with E-state index >= 15 is 0 Å². The quantitative estimate of drug-likeness (QED) is 0.550. The molecule has 0 bridgehead atoms. The summed E-state index contributed by atoms with van der Waals surface area (Å²) in [5, 5.41) is 8.15. The van der Waals surface area contributed by atoms with Gasteiger partial charge in [-0.25, -0.2) is 0 Å². The second-order valence-corrected chi connectivity index (χ2v) is 4.12. The van der Waals surface area contributed by atoms with Crippen molar-refractivity contribution >= 4 is 5.84 Å². The van der Waals surface area contributed by atoms with Gasteiger partial charge in [-0.3, -0.25) is 5.41 Å². The summed E-state index contributed by atoms with van der Waals surface area (Å²) in [6, 6.07) is 10.0. The zero-order valence-corrected chi connectivity index (χ0v) is 9.08. The van der Waals surface area contributed by atoms with E-state index in [0.717, 1.165) is 18.7 Å². The predicted octanol–water partition coefficient (Wildman–Crippen LogP) is 2.89. The van der Waals surface area contributed by atoms with Crippen LogP contribution in [0.15, 0.2) is 30.3 Å². The largest absolute Gasteiger partial charge is 0.357 e. The van der Waals surface area contributed by atoms with Crippen LogP contribution in [0.4, 0.5) is 0 Å². The number of amidine groups is 1. The van der Waals surface area contributed by atoms with Gasteiger partial charge in [0.25, 0.3) is 0 Å². The summed E-state index contributed by atoms with van der Waals surface area (Å²) >= 11 is 0. The van der Waals surface area contributed by atoms with E-state index in [0.29, 0.717) is 5.84 Å². The highest BCUT2D eigenvalue weighted by atomic mass is 15.2. The van der Waals surface area contributed by atoms with E-state index < -0.39 is 0 Å². The molecule has 2 nitrogen and oxygen atoms in total. The van der Waals surface area contributed by atoms with E-state index in [1.54, 1.807) is 0 Å². The van der Waals surface area contributed by atoms with Gasteiger partial charge in [0.05, 0.1) is 0 Å². The molecule has 2 heteroatoms. The molecule has 2 rings (SSSR count). The minimum atomic E-state index is 0.692. The lowest BCUT2D eigenvalue weighted by Gasteiger charge is -2.23. The molecule has 80 valence electrons. The van der Waals surface area contributed by atoms with Gasteiger partial charge < -0.3 is 4.90 Å². The van der Waals surface area contributed by atoms with Crippen molar-refractivity contribution in [1.82, 2.24) is 4.90 Å². The van der Waals surface area contributed by atoms with Gasteiger partial charge in [-0.05, 0) is 12.8 Å². The maximum atomic E-state index is 8.15. The first-order valence-corrected chi connectivity index (χ1v) is 5.77. The topological polar surface area (TPSA) is 27.1 Å². The normalized spacial score (nSPS) is 17.2. The molecule has 1 aromatic rings. The van der Waals surface area contributed by atoms with E-state index in [9.17, 15) is 0 Å². The molecule has 1 N–H and O–H groups in total. The molecule has 1 saturated heterocycles. The van der Waals surface area contributed by atoms with E-state index in [2.05, 4.69) is 4.90 Å². The molecule has 0 spiro atoms. The Balaban J connectivity index is 2.06. The Kier molecular flexibility index (Phi) is 3.38. The van der Waals surface area contributed by atoms with Gasteiger partial charge in [-0.1, -0.05) is 43.2 Å². The fourth-order valence-corrected chi connectivity index (χ4v) is 2.07. The lowest BCUT2D eigenvalue weighted by Crippen LogP contribution is -2.31. The highest BCUT2D eigenvalue weighted by Gasteiger charge is 2.13. The van der Waals surface area contributed by atoms with Crippen molar-refractivity contribution in [2.45, 2.75) is 25.7 Å². The van der Waals surface area contributed by atoms with E-state index in [4.69, 9.17) is 5.41 Å². The lowest BCUT2D eigenvalue weighted by atomic mass is 10.2. The molecule has 0 aliphatic carbocycles. The molecule has 1 fully saturated rings. The standard InChI is InChI=1S/C13H18N2/c14-13(12-8-4-3-5-9-12)15-10-6-1-2-7-11-15/h3-5,8-9,14H,1-2,6-7,10-11H2.